The zero-order chi connectivity index (χ0) is 56.1. The van der Waals surface area contributed by atoms with Gasteiger partial charge in [0.1, 0.15) is 0 Å². The lowest BCUT2D eigenvalue weighted by atomic mass is 9.60. The normalized spacial score (nSPS) is 20.6. The van der Waals surface area contributed by atoms with Crippen LogP contribution in [0.2, 0.25) is 0 Å². The average Bonchev–Trinajstić information content (AvgIpc) is 1.38. The molecule has 4 nitrogen and oxygen atoms in total. The van der Waals surface area contributed by atoms with E-state index in [4.69, 9.17) is 0 Å². The van der Waals surface area contributed by atoms with Gasteiger partial charge in [-0.1, -0.05) is 196 Å². The third kappa shape index (κ3) is 5.47. The van der Waals surface area contributed by atoms with Gasteiger partial charge in [-0.3, -0.25) is 9.59 Å². The molecule has 11 aromatic carbocycles. The Balaban J connectivity index is 0.981. The summed E-state index contributed by atoms with van der Waals surface area (Å²) in [7, 11) is 0. The molecule has 4 bridgehead atoms. The largest absolute Gasteiger partial charge is 0.309 e. The molecule has 2 saturated carbocycles. The van der Waals surface area contributed by atoms with Crippen LogP contribution in [0.15, 0.2) is 218 Å². The number of carbonyl (C=O) groups is 2. The summed E-state index contributed by atoms with van der Waals surface area (Å²) < 4.78 is 2.61. The maximum absolute atomic E-state index is 16.1. The van der Waals surface area contributed by atoms with Crippen molar-refractivity contribution in [2.75, 3.05) is 4.90 Å². The Labute approximate surface area is 498 Å². The monoisotopic (exact) mass is 1100 g/mol. The quantitative estimate of drug-likeness (QED) is 0.173. The van der Waals surface area contributed by atoms with Crippen molar-refractivity contribution in [1.29, 1.82) is 0 Å². The van der Waals surface area contributed by atoms with Crippen LogP contribution >= 0.6 is 0 Å². The molecule has 10 aliphatic rings. The molecule has 8 aliphatic carbocycles. The van der Waals surface area contributed by atoms with Crippen molar-refractivity contribution < 1.29 is 9.59 Å². The summed E-state index contributed by atoms with van der Waals surface area (Å²) in [6, 6.07) is 81.8. The van der Waals surface area contributed by atoms with Crippen molar-refractivity contribution in [1.82, 2.24) is 4.40 Å². The number of hydrogen-bond donors (Lipinski definition) is 0. The van der Waals surface area contributed by atoms with Crippen LogP contribution in [0.1, 0.15) is 174 Å². The number of nitrogens with zero attached hydrogens (tertiary/aromatic N) is 2. The van der Waals surface area contributed by atoms with Crippen LogP contribution in [0, 0.1) is 0 Å². The topological polar surface area (TPSA) is 41.8 Å². The number of Topliss-reactive ketones (excluding diaryl/α,β-unsaturated/α-hetero) is 2. The van der Waals surface area contributed by atoms with Crippen LogP contribution in [0.4, 0.5) is 17.1 Å². The van der Waals surface area contributed by atoms with Crippen molar-refractivity contribution >= 4 is 66.7 Å². The number of aromatic nitrogens is 1. The van der Waals surface area contributed by atoms with E-state index in [1.807, 2.05) is 0 Å². The number of benzene rings is 11. The summed E-state index contributed by atoms with van der Waals surface area (Å²) in [5.74, 6) is -0.710. The Morgan fingerprint density at radius 1 is 0.337 bits per heavy atom. The van der Waals surface area contributed by atoms with Gasteiger partial charge >= 0.3 is 0 Å². The molecule has 2 spiro atoms. The summed E-state index contributed by atoms with van der Waals surface area (Å²) >= 11 is 0. The van der Waals surface area contributed by atoms with Crippen molar-refractivity contribution in [3.05, 3.63) is 307 Å². The molecule has 13 aromatic rings. The first-order valence-electron chi connectivity index (χ1n) is 31.5. The van der Waals surface area contributed by atoms with Gasteiger partial charge in [0, 0.05) is 55.3 Å². The maximum atomic E-state index is 16.1. The minimum absolute atomic E-state index is 0.114. The minimum atomic E-state index is -0.407. The molecule has 0 radical (unpaired) electrons. The highest BCUT2D eigenvalue weighted by Crippen LogP contribution is 2.71. The number of fused-ring (bicyclic) bond motifs is 16. The van der Waals surface area contributed by atoms with E-state index in [-0.39, 0.29) is 34.2 Å². The summed E-state index contributed by atoms with van der Waals surface area (Å²) in [5.41, 5.74) is 30.6. The van der Waals surface area contributed by atoms with Crippen molar-refractivity contribution in [3.63, 3.8) is 0 Å². The molecule has 0 amide bonds. The van der Waals surface area contributed by atoms with Gasteiger partial charge in [0.25, 0.3) is 0 Å². The van der Waals surface area contributed by atoms with E-state index in [0.717, 1.165) is 107 Å². The Morgan fingerprint density at radius 2 is 0.686 bits per heavy atom. The van der Waals surface area contributed by atoms with Crippen molar-refractivity contribution in [2.24, 2.45) is 0 Å². The van der Waals surface area contributed by atoms with E-state index in [1.165, 1.54) is 111 Å². The smallest absolute Gasteiger partial charge is 0.175 e. The molecular formula is C82H56N2O2. The molecule has 4 heteroatoms. The number of rotatable bonds is 2. The number of carbonyl (C=O) groups excluding carboxylic acids is 2. The van der Waals surface area contributed by atoms with E-state index in [1.54, 1.807) is 0 Å². The molecule has 23 rings (SSSR count). The summed E-state index contributed by atoms with van der Waals surface area (Å²) in [5, 5.41) is 5.05. The van der Waals surface area contributed by atoms with Gasteiger partial charge in [-0.25, -0.2) is 0 Å². The van der Waals surface area contributed by atoms with Crippen LogP contribution in [0.3, 0.4) is 0 Å². The van der Waals surface area contributed by atoms with Crippen LogP contribution in [0.5, 0.6) is 0 Å². The maximum Gasteiger partial charge on any atom is 0.175 e. The van der Waals surface area contributed by atoms with Gasteiger partial charge in [-0.15, -0.1) is 0 Å². The molecule has 2 fully saturated rings. The highest BCUT2D eigenvalue weighted by Gasteiger charge is 2.56. The molecule has 0 saturated heterocycles. The number of hydrogen-bond acceptors (Lipinski definition) is 3. The predicted molar refractivity (Wildman–Crippen MR) is 345 cm³/mol. The Morgan fingerprint density at radius 3 is 1.06 bits per heavy atom. The molecule has 406 valence electrons. The van der Waals surface area contributed by atoms with E-state index in [0.29, 0.717) is 0 Å². The van der Waals surface area contributed by atoms with Gasteiger partial charge in [0.2, 0.25) is 0 Å². The molecule has 2 aromatic heterocycles. The van der Waals surface area contributed by atoms with E-state index >= 15 is 9.59 Å². The SMILES string of the molecule is O=C1c2cc3c(cc2C2c4ccccc4C1c1ccccc12)c1c2c4c(c5c6cc7c(cc6n3c15)C(=O)C1c3ccccc3C7c3ccccc31)C1(CCCC1)c1cc(-c3ccccc3)ccc1N4c1ccc(-c3ccccc3)cc1C21CCCC1. The van der Waals surface area contributed by atoms with Gasteiger partial charge in [0.05, 0.1) is 45.4 Å². The molecule has 0 unspecified atom stereocenters. The van der Waals surface area contributed by atoms with Gasteiger partial charge in [-0.05, 0) is 174 Å². The van der Waals surface area contributed by atoms with Crippen LogP contribution < -0.4 is 4.90 Å². The van der Waals surface area contributed by atoms with Gasteiger partial charge < -0.3 is 9.30 Å². The predicted octanol–water partition coefficient (Wildman–Crippen LogP) is 19.6. The molecule has 0 atom stereocenters. The fraction of sp³-hybridized carbons (Fsp3) is 0.171. The summed E-state index contributed by atoms with van der Waals surface area (Å²) in [4.78, 5) is 35.1. The highest BCUT2D eigenvalue weighted by molar-refractivity contribution is 6.30. The zero-order valence-electron chi connectivity index (χ0n) is 47.5. The second-order valence-corrected chi connectivity index (χ2v) is 26.5. The third-order valence-corrected chi connectivity index (χ3v) is 23.0. The molecule has 2 aliphatic heterocycles. The fourth-order valence-electron chi connectivity index (χ4n) is 19.7. The molecule has 4 heterocycles. The standard InChI is InChI=1S/C82H56N2O2/c85-79-59-43-67-61(41-57(59)69-49-23-7-11-27-53(49)71(79)54-28-12-8-24-50(54)69)73-75-78-76(74-62-42-58-60(44-68(62)84(67)77(73)74)80(86)72-55-29-13-9-25-51(55)70(58)52-26-10-14-30-56(52)72)82(37-17-18-38-82)64-40-48(46-21-5-2-6-22-46)32-34-66(64)83(78)65-33-31-47(45-19-3-1-4-20-45)39-63(65)81(75)35-15-16-36-81/h1-14,19-34,39-44,69-72H,15-18,35-38H2. The van der Waals surface area contributed by atoms with Gasteiger partial charge in [-0.2, -0.15) is 0 Å². The second-order valence-electron chi connectivity index (χ2n) is 26.5. The second kappa shape index (κ2) is 16.2. The third-order valence-electron chi connectivity index (χ3n) is 23.0. The molecular weight excluding hydrogens is 1040 g/mol. The first-order valence-corrected chi connectivity index (χ1v) is 31.5. The highest BCUT2D eigenvalue weighted by atomic mass is 16.1. The fourth-order valence-corrected chi connectivity index (χ4v) is 19.7. The van der Waals surface area contributed by atoms with Gasteiger partial charge in [0.15, 0.2) is 11.6 Å². The van der Waals surface area contributed by atoms with Crippen LogP contribution in [0.25, 0.3) is 60.3 Å². The van der Waals surface area contributed by atoms with Crippen LogP contribution in [-0.4, -0.2) is 16.0 Å². The van der Waals surface area contributed by atoms with E-state index in [9.17, 15) is 0 Å². The number of anilines is 3. The Kier molecular flexibility index (Phi) is 8.80. The molecule has 86 heavy (non-hydrogen) atoms. The van der Waals surface area contributed by atoms with Crippen molar-refractivity contribution in [3.8, 4) is 22.3 Å². The summed E-state index contributed by atoms with van der Waals surface area (Å²) in [6.07, 6.45) is 8.70. The van der Waals surface area contributed by atoms with Crippen LogP contribution in [-0.2, 0) is 10.8 Å². The number of ketones is 2. The lowest BCUT2D eigenvalue weighted by molar-refractivity contribution is 0.0966. The lowest BCUT2D eigenvalue weighted by Crippen LogP contribution is -2.41. The first-order chi connectivity index (χ1) is 42.5. The zero-order valence-corrected chi connectivity index (χ0v) is 47.5. The first kappa shape index (κ1) is 46.7. The average molecular weight is 1100 g/mol. The minimum Gasteiger partial charge on any atom is -0.309 e. The van der Waals surface area contributed by atoms with E-state index in [2.05, 4.69) is 228 Å². The van der Waals surface area contributed by atoms with E-state index < -0.39 is 11.8 Å². The summed E-state index contributed by atoms with van der Waals surface area (Å²) in [6.45, 7) is 0. The Bertz CT molecular complexity index is 4850. The van der Waals surface area contributed by atoms with Crippen molar-refractivity contribution in [2.45, 2.75) is 85.9 Å². The molecule has 0 N–H and O–H groups in total. The lowest BCUT2D eigenvalue weighted by Gasteiger charge is -2.52. The Hall–Kier alpha value is -9.64.